The van der Waals surface area contributed by atoms with E-state index < -0.39 is 0 Å². The van der Waals surface area contributed by atoms with E-state index in [1.54, 1.807) is 30.1 Å². The quantitative estimate of drug-likeness (QED) is 0.928. The maximum atomic E-state index is 12.2. The highest BCUT2D eigenvalue weighted by molar-refractivity contribution is 5.90. The molecule has 0 saturated carbocycles. The summed E-state index contributed by atoms with van der Waals surface area (Å²) in [6.07, 6.45) is 2.35. The molecule has 1 fully saturated rings. The average molecular weight is 286 g/mol. The Labute approximate surface area is 126 Å². The molecule has 0 aliphatic carbocycles. The molecule has 0 spiro atoms. The topological polar surface area (TPSA) is 59.4 Å². The van der Waals surface area contributed by atoms with Gasteiger partial charge in [-0.2, -0.15) is 5.26 Å². The first-order valence-corrected chi connectivity index (χ1v) is 7.30. The van der Waals surface area contributed by atoms with Crippen LogP contribution in [0.25, 0.3) is 0 Å². The van der Waals surface area contributed by atoms with Crippen molar-refractivity contribution >= 4 is 11.7 Å². The van der Waals surface area contributed by atoms with Crippen LogP contribution in [0.4, 0.5) is 10.5 Å². The van der Waals surface area contributed by atoms with Crippen LogP contribution in [0.5, 0.6) is 0 Å². The van der Waals surface area contributed by atoms with E-state index in [1.807, 2.05) is 6.07 Å². The van der Waals surface area contributed by atoms with Crippen molar-refractivity contribution in [1.29, 1.82) is 5.26 Å². The summed E-state index contributed by atoms with van der Waals surface area (Å²) in [5, 5.41) is 11.9. The van der Waals surface area contributed by atoms with Crippen molar-refractivity contribution < 1.29 is 4.79 Å². The van der Waals surface area contributed by atoms with Crippen LogP contribution in [0.1, 0.15) is 18.4 Å². The molecule has 1 aliphatic heterocycles. The van der Waals surface area contributed by atoms with Crippen molar-refractivity contribution in [1.82, 2.24) is 9.80 Å². The summed E-state index contributed by atoms with van der Waals surface area (Å²) in [7, 11) is 3.92. The zero-order chi connectivity index (χ0) is 15.2. The van der Waals surface area contributed by atoms with Gasteiger partial charge in [-0.3, -0.25) is 0 Å². The van der Waals surface area contributed by atoms with E-state index in [9.17, 15) is 4.79 Å². The third-order valence-corrected chi connectivity index (χ3v) is 3.89. The molecule has 1 atom stereocenters. The van der Waals surface area contributed by atoms with Crippen LogP contribution in [0.3, 0.4) is 0 Å². The van der Waals surface area contributed by atoms with E-state index in [0.29, 0.717) is 17.2 Å². The van der Waals surface area contributed by atoms with Gasteiger partial charge in [-0.05, 0) is 44.5 Å². The van der Waals surface area contributed by atoms with Crippen molar-refractivity contribution in [2.24, 2.45) is 5.92 Å². The minimum atomic E-state index is -0.161. The fourth-order valence-electron chi connectivity index (χ4n) is 2.79. The number of nitrogens with one attached hydrogen (secondary N) is 1. The lowest BCUT2D eigenvalue weighted by molar-refractivity contribution is 0.170. The zero-order valence-corrected chi connectivity index (χ0v) is 12.7. The highest BCUT2D eigenvalue weighted by atomic mass is 16.2. The number of benzene rings is 1. The van der Waals surface area contributed by atoms with Gasteiger partial charge < -0.3 is 15.1 Å². The van der Waals surface area contributed by atoms with Crippen LogP contribution in [-0.4, -0.2) is 49.6 Å². The van der Waals surface area contributed by atoms with Gasteiger partial charge >= 0.3 is 6.03 Å². The molecule has 1 saturated heterocycles. The smallest absolute Gasteiger partial charge is 0.321 e. The Kier molecular flexibility index (Phi) is 5.18. The van der Waals surface area contributed by atoms with Gasteiger partial charge in [0.05, 0.1) is 11.3 Å². The van der Waals surface area contributed by atoms with Crippen LogP contribution in [-0.2, 0) is 0 Å². The van der Waals surface area contributed by atoms with Gasteiger partial charge in [0.25, 0.3) is 0 Å². The van der Waals surface area contributed by atoms with E-state index in [1.165, 1.54) is 6.42 Å². The van der Waals surface area contributed by atoms with Crippen LogP contribution < -0.4 is 5.32 Å². The molecule has 1 unspecified atom stereocenters. The largest absolute Gasteiger partial charge is 0.327 e. The van der Waals surface area contributed by atoms with Crippen LogP contribution >= 0.6 is 0 Å². The molecule has 21 heavy (non-hydrogen) atoms. The van der Waals surface area contributed by atoms with Gasteiger partial charge in [0.15, 0.2) is 0 Å². The number of rotatable bonds is 3. The first-order chi connectivity index (χ1) is 10.1. The fraction of sp³-hybridized carbons (Fsp3) is 0.500. The van der Waals surface area contributed by atoms with Crippen molar-refractivity contribution in [2.75, 3.05) is 39.0 Å². The lowest BCUT2D eigenvalue weighted by atomic mass is 9.98. The summed E-state index contributed by atoms with van der Waals surface area (Å²) in [5.41, 5.74) is 1.05. The minimum Gasteiger partial charge on any atom is -0.327 e. The number of hydrogen-bond acceptors (Lipinski definition) is 3. The molecule has 2 amide bonds. The summed E-state index contributed by atoms with van der Waals surface area (Å²) in [4.78, 5) is 16.2. The maximum Gasteiger partial charge on any atom is 0.321 e. The van der Waals surface area contributed by atoms with Crippen LogP contribution in [0.15, 0.2) is 24.3 Å². The third-order valence-electron chi connectivity index (χ3n) is 3.89. The van der Waals surface area contributed by atoms with Gasteiger partial charge in [-0.25, -0.2) is 4.79 Å². The van der Waals surface area contributed by atoms with E-state index >= 15 is 0 Å². The molecule has 1 aromatic carbocycles. The predicted molar refractivity (Wildman–Crippen MR) is 83.0 cm³/mol. The Bertz CT molecular complexity index is 537. The lowest BCUT2D eigenvalue weighted by Crippen LogP contribution is -2.41. The normalized spacial score (nSPS) is 18.8. The van der Waals surface area contributed by atoms with Gasteiger partial charge in [0.1, 0.15) is 6.07 Å². The first-order valence-electron chi connectivity index (χ1n) is 7.30. The number of amides is 2. The SMILES string of the molecule is CN1CCCC(CN(C)C(=O)Nc2ccccc2C#N)C1. The fourth-order valence-corrected chi connectivity index (χ4v) is 2.79. The average Bonchev–Trinajstić information content (AvgIpc) is 2.47. The van der Waals surface area contributed by atoms with Crippen molar-refractivity contribution in [3.8, 4) is 6.07 Å². The Morgan fingerprint density at radius 2 is 2.29 bits per heavy atom. The second kappa shape index (κ2) is 7.09. The van der Waals surface area contributed by atoms with Gasteiger partial charge in [-0.15, -0.1) is 0 Å². The standard InChI is InChI=1S/C16H22N4O/c1-19-9-5-6-13(11-19)12-20(2)16(21)18-15-8-4-3-7-14(15)10-17/h3-4,7-8,13H,5-6,9,11-12H2,1-2H3,(H,18,21). The molecule has 0 aromatic heterocycles. The summed E-state index contributed by atoms with van der Waals surface area (Å²) in [5.74, 6) is 0.519. The Hall–Kier alpha value is -2.06. The number of nitrogens with zero attached hydrogens (tertiary/aromatic N) is 3. The molecule has 5 nitrogen and oxygen atoms in total. The molecule has 5 heteroatoms. The minimum absolute atomic E-state index is 0.161. The summed E-state index contributed by atoms with van der Waals surface area (Å²) < 4.78 is 0. The van der Waals surface area contributed by atoms with Crippen molar-refractivity contribution in [3.63, 3.8) is 0 Å². The molecule has 1 N–H and O–H groups in total. The number of urea groups is 1. The number of carbonyl (C=O) groups excluding carboxylic acids is 1. The Morgan fingerprint density at radius 3 is 3.00 bits per heavy atom. The van der Waals surface area contributed by atoms with Gasteiger partial charge in [-0.1, -0.05) is 12.1 Å². The molecule has 1 heterocycles. The number of piperidine rings is 1. The molecule has 1 aliphatic rings. The summed E-state index contributed by atoms with van der Waals surface area (Å²) in [6, 6.07) is 8.97. The van der Waals surface area contributed by atoms with E-state index in [0.717, 1.165) is 26.1 Å². The monoisotopic (exact) mass is 286 g/mol. The number of anilines is 1. The second-order valence-corrected chi connectivity index (χ2v) is 5.74. The van der Waals surface area contributed by atoms with Crippen molar-refractivity contribution in [3.05, 3.63) is 29.8 Å². The summed E-state index contributed by atoms with van der Waals surface area (Å²) >= 11 is 0. The number of hydrogen-bond donors (Lipinski definition) is 1. The number of likely N-dealkylation sites (tertiary alicyclic amines) is 1. The molecule has 0 radical (unpaired) electrons. The molecular formula is C16H22N4O. The third kappa shape index (κ3) is 4.20. The Balaban J connectivity index is 1.92. The Morgan fingerprint density at radius 1 is 1.52 bits per heavy atom. The van der Waals surface area contributed by atoms with Gasteiger partial charge in [0.2, 0.25) is 0 Å². The van der Waals surface area contributed by atoms with Gasteiger partial charge in [0, 0.05) is 20.1 Å². The lowest BCUT2D eigenvalue weighted by Gasteiger charge is -2.32. The highest BCUT2D eigenvalue weighted by Crippen LogP contribution is 2.17. The molecule has 2 rings (SSSR count). The number of nitriles is 1. The van der Waals surface area contributed by atoms with Crippen molar-refractivity contribution in [2.45, 2.75) is 12.8 Å². The molecule has 0 bridgehead atoms. The molecular weight excluding hydrogens is 264 g/mol. The predicted octanol–water partition coefficient (Wildman–Crippen LogP) is 2.36. The van der Waals surface area contributed by atoms with Crippen LogP contribution in [0, 0.1) is 17.2 Å². The second-order valence-electron chi connectivity index (χ2n) is 5.74. The van der Waals surface area contributed by atoms with E-state index in [4.69, 9.17) is 5.26 Å². The number of carbonyl (C=O) groups is 1. The van der Waals surface area contributed by atoms with Crippen LogP contribution in [0.2, 0.25) is 0 Å². The van der Waals surface area contributed by atoms with E-state index in [-0.39, 0.29) is 6.03 Å². The number of para-hydroxylation sites is 1. The summed E-state index contributed by atoms with van der Waals surface area (Å²) in [6.45, 7) is 2.92. The molecule has 112 valence electrons. The first kappa shape index (κ1) is 15.3. The highest BCUT2D eigenvalue weighted by Gasteiger charge is 2.21. The molecule has 1 aromatic rings. The zero-order valence-electron chi connectivity index (χ0n) is 12.7. The maximum absolute atomic E-state index is 12.2. The van der Waals surface area contributed by atoms with E-state index in [2.05, 4.69) is 23.3 Å².